The molecular formula is C8H13F2NO. The maximum atomic E-state index is 11.7. The highest BCUT2D eigenvalue weighted by atomic mass is 19.3. The number of alkyl halides is 2. The van der Waals surface area contributed by atoms with Gasteiger partial charge in [-0.3, -0.25) is 4.79 Å². The number of halogens is 2. The SMILES string of the molecule is CC1(C(=O)NCC(F)F)CCC1. The summed E-state index contributed by atoms with van der Waals surface area (Å²) in [6.45, 7) is 1.30. The summed E-state index contributed by atoms with van der Waals surface area (Å²) in [7, 11) is 0. The second kappa shape index (κ2) is 3.37. The molecule has 12 heavy (non-hydrogen) atoms. The third-order valence-electron chi connectivity index (χ3n) is 2.42. The normalized spacial score (nSPS) is 20.3. The fourth-order valence-electron chi connectivity index (χ4n) is 1.32. The van der Waals surface area contributed by atoms with Crippen molar-refractivity contribution in [2.75, 3.05) is 6.54 Å². The molecule has 1 amide bonds. The smallest absolute Gasteiger partial charge is 0.255 e. The first-order valence-electron chi connectivity index (χ1n) is 4.11. The summed E-state index contributed by atoms with van der Waals surface area (Å²) >= 11 is 0. The second-order valence-corrected chi connectivity index (χ2v) is 3.52. The standard InChI is InChI=1S/C8H13F2NO/c1-8(3-2-4-8)7(12)11-5-6(9)10/h6H,2-5H2,1H3,(H,11,12). The van der Waals surface area contributed by atoms with Crippen LogP contribution in [-0.4, -0.2) is 18.9 Å². The van der Waals surface area contributed by atoms with Crippen molar-refractivity contribution in [3.8, 4) is 0 Å². The topological polar surface area (TPSA) is 29.1 Å². The molecule has 0 spiro atoms. The largest absolute Gasteiger partial charge is 0.350 e. The van der Waals surface area contributed by atoms with Gasteiger partial charge in [0, 0.05) is 5.41 Å². The van der Waals surface area contributed by atoms with Gasteiger partial charge in [-0.05, 0) is 12.8 Å². The van der Waals surface area contributed by atoms with E-state index < -0.39 is 13.0 Å². The zero-order valence-electron chi connectivity index (χ0n) is 7.07. The van der Waals surface area contributed by atoms with Crippen LogP contribution in [0.4, 0.5) is 8.78 Å². The third-order valence-corrected chi connectivity index (χ3v) is 2.42. The quantitative estimate of drug-likeness (QED) is 0.696. The molecule has 70 valence electrons. The molecule has 0 saturated heterocycles. The molecule has 0 aromatic rings. The summed E-state index contributed by atoms with van der Waals surface area (Å²) in [5, 5.41) is 2.24. The fourth-order valence-corrected chi connectivity index (χ4v) is 1.32. The molecular weight excluding hydrogens is 164 g/mol. The number of nitrogens with one attached hydrogen (secondary N) is 1. The van der Waals surface area contributed by atoms with Crippen molar-refractivity contribution in [1.29, 1.82) is 0 Å². The van der Waals surface area contributed by atoms with E-state index in [0.29, 0.717) is 0 Å². The van der Waals surface area contributed by atoms with Gasteiger partial charge in [-0.25, -0.2) is 8.78 Å². The van der Waals surface area contributed by atoms with Gasteiger partial charge in [0.05, 0.1) is 6.54 Å². The summed E-state index contributed by atoms with van der Waals surface area (Å²) in [6, 6.07) is 0. The fraction of sp³-hybridized carbons (Fsp3) is 0.875. The lowest BCUT2D eigenvalue weighted by Crippen LogP contribution is -2.44. The lowest BCUT2D eigenvalue weighted by molar-refractivity contribution is -0.135. The Hall–Kier alpha value is -0.670. The highest BCUT2D eigenvalue weighted by Crippen LogP contribution is 2.40. The maximum absolute atomic E-state index is 11.7. The van der Waals surface area contributed by atoms with E-state index in [0.717, 1.165) is 19.3 Å². The first kappa shape index (κ1) is 9.42. The maximum Gasteiger partial charge on any atom is 0.255 e. The molecule has 4 heteroatoms. The number of carbonyl (C=O) groups excluding carboxylic acids is 1. The van der Waals surface area contributed by atoms with E-state index in [9.17, 15) is 13.6 Å². The number of hydrogen-bond donors (Lipinski definition) is 1. The second-order valence-electron chi connectivity index (χ2n) is 3.52. The molecule has 1 aliphatic rings. The van der Waals surface area contributed by atoms with Crippen molar-refractivity contribution < 1.29 is 13.6 Å². The van der Waals surface area contributed by atoms with Gasteiger partial charge < -0.3 is 5.32 Å². The van der Waals surface area contributed by atoms with Crippen molar-refractivity contribution in [3.63, 3.8) is 0 Å². The molecule has 1 fully saturated rings. The Balaban J connectivity index is 2.28. The summed E-state index contributed by atoms with van der Waals surface area (Å²) in [6.07, 6.45) is 0.223. The Morgan fingerprint density at radius 2 is 2.17 bits per heavy atom. The molecule has 1 rings (SSSR count). The number of rotatable bonds is 3. The molecule has 2 nitrogen and oxygen atoms in total. The molecule has 0 bridgehead atoms. The lowest BCUT2D eigenvalue weighted by atomic mass is 9.70. The van der Waals surface area contributed by atoms with Gasteiger partial charge in [-0.2, -0.15) is 0 Å². The molecule has 1 N–H and O–H groups in total. The Morgan fingerprint density at radius 1 is 1.58 bits per heavy atom. The highest BCUT2D eigenvalue weighted by Gasteiger charge is 2.39. The molecule has 0 heterocycles. The van der Waals surface area contributed by atoms with Crippen LogP contribution in [-0.2, 0) is 4.79 Å². The minimum absolute atomic E-state index is 0.228. The van der Waals surface area contributed by atoms with Crippen molar-refractivity contribution in [3.05, 3.63) is 0 Å². The minimum atomic E-state index is -2.45. The Kier molecular flexibility index (Phi) is 2.65. The molecule has 0 atom stereocenters. The van der Waals surface area contributed by atoms with Gasteiger partial charge in [-0.1, -0.05) is 13.3 Å². The summed E-state index contributed by atoms with van der Waals surface area (Å²) in [5.41, 5.74) is -0.366. The molecule has 0 radical (unpaired) electrons. The van der Waals surface area contributed by atoms with Gasteiger partial charge in [0.1, 0.15) is 0 Å². The van der Waals surface area contributed by atoms with Gasteiger partial charge in [-0.15, -0.1) is 0 Å². The number of hydrogen-bond acceptors (Lipinski definition) is 1. The Morgan fingerprint density at radius 3 is 2.50 bits per heavy atom. The van der Waals surface area contributed by atoms with Crippen LogP contribution in [0.5, 0.6) is 0 Å². The average molecular weight is 177 g/mol. The van der Waals surface area contributed by atoms with Crippen LogP contribution in [0.1, 0.15) is 26.2 Å². The van der Waals surface area contributed by atoms with E-state index in [1.165, 1.54) is 0 Å². The van der Waals surface area contributed by atoms with Crippen LogP contribution in [0.2, 0.25) is 0 Å². The Bertz CT molecular complexity index is 178. The zero-order chi connectivity index (χ0) is 9.19. The van der Waals surface area contributed by atoms with Gasteiger partial charge in [0.25, 0.3) is 6.43 Å². The van der Waals surface area contributed by atoms with Crippen LogP contribution in [0.3, 0.4) is 0 Å². The molecule has 0 aromatic carbocycles. The Labute approximate surface area is 70.3 Å². The van der Waals surface area contributed by atoms with E-state index in [1.807, 2.05) is 6.92 Å². The zero-order valence-corrected chi connectivity index (χ0v) is 7.07. The van der Waals surface area contributed by atoms with Crippen LogP contribution in [0.15, 0.2) is 0 Å². The summed E-state index contributed by atoms with van der Waals surface area (Å²) in [5.74, 6) is -0.228. The lowest BCUT2D eigenvalue weighted by Gasteiger charge is -2.36. The first-order chi connectivity index (χ1) is 5.54. The van der Waals surface area contributed by atoms with Gasteiger partial charge in [0.15, 0.2) is 0 Å². The van der Waals surface area contributed by atoms with E-state index in [2.05, 4.69) is 5.32 Å². The van der Waals surface area contributed by atoms with E-state index in [1.54, 1.807) is 0 Å². The monoisotopic (exact) mass is 177 g/mol. The van der Waals surface area contributed by atoms with Crippen LogP contribution in [0.25, 0.3) is 0 Å². The molecule has 1 saturated carbocycles. The van der Waals surface area contributed by atoms with Gasteiger partial charge >= 0.3 is 0 Å². The number of amides is 1. The summed E-state index contributed by atoms with van der Waals surface area (Å²) in [4.78, 5) is 11.2. The van der Waals surface area contributed by atoms with E-state index in [-0.39, 0.29) is 11.3 Å². The molecule has 1 aliphatic carbocycles. The van der Waals surface area contributed by atoms with Crippen LogP contribution < -0.4 is 5.32 Å². The van der Waals surface area contributed by atoms with E-state index in [4.69, 9.17) is 0 Å². The molecule has 0 unspecified atom stereocenters. The van der Waals surface area contributed by atoms with E-state index >= 15 is 0 Å². The van der Waals surface area contributed by atoms with Crippen molar-refractivity contribution in [1.82, 2.24) is 5.32 Å². The average Bonchev–Trinajstić information content (AvgIpc) is 1.95. The minimum Gasteiger partial charge on any atom is -0.350 e. The predicted octanol–water partition coefficient (Wildman–Crippen LogP) is 1.56. The third kappa shape index (κ3) is 1.93. The van der Waals surface area contributed by atoms with Crippen molar-refractivity contribution in [2.24, 2.45) is 5.41 Å². The molecule has 0 aromatic heterocycles. The van der Waals surface area contributed by atoms with Crippen LogP contribution in [0, 0.1) is 5.41 Å². The highest BCUT2D eigenvalue weighted by molar-refractivity contribution is 5.83. The predicted molar refractivity (Wildman–Crippen MR) is 41.0 cm³/mol. The summed E-state index contributed by atoms with van der Waals surface area (Å²) < 4.78 is 23.4. The van der Waals surface area contributed by atoms with Crippen LogP contribution >= 0.6 is 0 Å². The molecule has 0 aliphatic heterocycles. The number of carbonyl (C=O) groups is 1. The van der Waals surface area contributed by atoms with Crippen molar-refractivity contribution >= 4 is 5.91 Å². The van der Waals surface area contributed by atoms with Crippen molar-refractivity contribution in [2.45, 2.75) is 32.6 Å². The van der Waals surface area contributed by atoms with Gasteiger partial charge in [0.2, 0.25) is 5.91 Å². The first-order valence-corrected chi connectivity index (χ1v) is 4.11.